The van der Waals surface area contributed by atoms with E-state index in [2.05, 4.69) is 5.32 Å². The van der Waals surface area contributed by atoms with E-state index in [-0.39, 0.29) is 5.91 Å². The molecule has 0 spiro atoms. The van der Waals surface area contributed by atoms with Gasteiger partial charge in [-0.25, -0.2) is 0 Å². The molecule has 1 aromatic heterocycles. The smallest absolute Gasteiger partial charge is 0.290 e. The minimum atomic E-state index is 0.0476. The van der Waals surface area contributed by atoms with Crippen LogP contribution < -0.4 is 5.32 Å². The van der Waals surface area contributed by atoms with Crippen molar-refractivity contribution in [3.8, 4) is 0 Å². The van der Waals surface area contributed by atoms with Gasteiger partial charge in [-0.2, -0.15) is 0 Å². The maximum atomic E-state index is 12.7. The quantitative estimate of drug-likeness (QED) is 0.930. The molecule has 20 heavy (non-hydrogen) atoms. The Bertz CT molecular complexity index is 630. The van der Waals surface area contributed by atoms with Gasteiger partial charge in [0.1, 0.15) is 5.58 Å². The number of nitrogens with zero attached hydrogens (tertiary/aromatic N) is 1. The summed E-state index contributed by atoms with van der Waals surface area (Å²) >= 11 is 0. The largest absolute Gasteiger partial charge is 0.451 e. The Morgan fingerprint density at radius 2 is 2.25 bits per heavy atom. The highest BCUT2D eigenvalue weighted by Gasteiger charge is 2.54. The van der Waals surface area contributed by atoms with Crippen molar-refractivity contribution in [2.75, 3.05) is 13.6 Å². The van der Waals surface area contributed by atoms with Gasteiger partial charge >= 0.3 is 0 Å². The molecule has 1 aliphatic carbocycles. The summed E-state index contributed by atoms with van der Waals surface area (Å²) in [5, 5.41) is 4.18. The number of likely N-dealkylation sites (tertiary alicyclic amines) is 1. The first kappa shape index (κ1) is 12.0. The third-order valence-electron chi connectivity index (χ3n) is 4.52. The third kappa shape index (κ3) is 1.75. The minimum Gasteiger partial charge on any atom is -0.451 e. The number of furan rings is 1. The van der Waals surface area contributed by atoms with E-state index >= 15 is 0 Å². The molecular weight excluding hydrogens is 252 g/mol. The fourth-order valence-corrected chi connectivity index (χ4v) is 3.51. The fraction of sp³-hybridized carbons (Fsp3) is 0.438. The molecule has 1 amide bonds. The van der Waals surface area contributed by atoms with Crippen molar-refractivity contribution < 1.29 is 9.21 Å². The molecule has 2 heterocycles. The summed E-state index contributed by atoms with van der Waals surface area (Å²) in [7, 11) is 1.94. The van der Waals surface area contributed by atoms with Crippen molar-refractivity contribution in [2.24, 2.45) is 5.92 Å². The number of fused-ring (bicyclic) bond motifs is 2. The van der Waals surface area contributed by atoms with E-state index in [1.54, 1.807) is 0 Å². The Kier molecular flexibility index (Phi) is 2.60. The number of hydrogen-bond acceptors (Lipinski definition) is 3. The van der Waals surface area contributed by atoms with Gasteiger partial charge in [0, 0.05) is 24.0 Å². The normalized spacial score (nSPS) is 27.9. The molecule has 1 aromatic carbocycles. The number of piperidine rings is 1. The van der Waals surface area contributed by atoms with Crippen LogP contribution in [0, 0.1) is 5.92 Å². The number of carbonyl (C=O) groups excluding carboxylic acids is 1. The highest BCUT2D eigenvalue weighted by molar-refractivity contribution is 5.96. The number of likely N-dealkylation sites (N-methyl/N-ethyl adjacent to an activating group) is 1. The molecule has 0 radical (unpaired) electrons. The summed E-state index contributed by atoms with van der Waals surface area (Å²) in [4.78, 5) is 14.8. The van der Waals surface area contributed by atoms with Gasteiger partial charge in [0.2, 0.25) is 0 Å². The molecule has 4 rings (SSSR count). The monoisotopic (exact) mass is 270 g/mol. The average Bonchev–Trinajstić information content (AvgIpc) is 2.95. The van der Waals surface area contributed by atoms with E-state index < -0.39 is 0 Å². The zero-order chi connectivity index (χ0) is 13.7. The summed E-state index contributed by atoms with van der Waals surface area (Å²) in [5.74, 6) is 1.23. The van der Waals surface area contributed by atoms with Crippen LogP contribution in [0.25, 0.3) is 11.0 Å². The topological polar surface area (TPSA) is 45.5 Å². The van der Waals surface area contributed by atoms with Gasteiger partial charge in [-0.1, -0.05) is 18.2 Å². The van der Waals surface area contributed by atoms with Crippen molar-refractivity contribution in [1.82, 2.24) is 10.2 Å². The standard InChI is InChI=1S/C16H18N2O2/c1-17-9-12-6-11-7-13(11)18(12)16(19)15-8-10-4-2-3-5-14(10)20-15/h2-5,8,11-13,17H,6-7,9H2,1H3. The molecule has 1 N–H and O–H groups in total. The van der Waals surface area contributed by atoms with Gasteiger partial charge in [-0.3, -0.25) is 4.79 Å². The van der Waals surface area contributed by atoms with Crippen molar-refractivity contribution >= 4 is 16.9 Å². The summed E-state index contributed by atoms with van der Waals surface area (Å²) in [6.07, 6.45) is 2.28. The van der Waals surface area contributed by atoms with Crippen LogP contribution in [0.5, 0.6) is 0 Å². The molecule has 104 valence electrons. The maximum absolute atomic E-state index is 12.7. The number of para-hydroxylation sites is 1. The fourth-order valence-electron chi connectivity index (χ4n) is 3.51. The highest BCUT2D eigenvalue weighted by atomic mass is 16.3. The Labute approximate surface area is 117 Å². The molecule has 0 bridgehead atoms. The van der Waals surface area contributed by atoms with Crippen LogP contribution in [0.2, 0.25) is 0 Å². The van der Waals surface area contributed by atoms with E-state index in [0.717, 1.165) is 30.4 Å². The molecule has 2 aromatic rings. The van der Waals surface area contributed by atoms with Crippen LogP contribution in [0.15, 0.2) is 34.7 Å². The number of rotatable bonds is 3. The second-order valence-corrected chi connectivity index (χ2v) is 5.87. The molecule has 1 saturated carbocycles. The van der Waals surface area contributed by atoms with Crippen LogP contribution in [-0.2, 0) is 0 Å². The predicted molar refractivity (Wildman–Crippen MR) is 76.6 cm³/mol. The molecule has 3 unspecified atom stereocenters. The lowest BCUT2D eigenvalue weighted by molar-refractivity contribution is 0.0670. The molecule has 3 atom stereocenters. The number of hydrogen-bond donors (Lipinski definition) is 1. The van der Waals surface area contributed by atoms with Gasteiger partial charge in [-0.15, -0.1) is 0 Å². The molecular formula is C16H18N2O2. The lowest BCUT2D eigenvalue weighted by Gasteiger charge is -2.26. The van der Waals surface area contributed by atoms with Crippen LogP contribution >= 0.6 is 0 Å². The van der Waals surface area contributed by atoms with Gasteiger partial charge in [0.05, 0.1) is 0 Å². The first-order chi connectivity index (χ1) is 9.78. The van der Waals surface area contributed by atoms with Crippen molar-refractivity contribution in [2.45, 2.75) is 24.9 Å². The highest BCUT2D eigenvalue weighted by Crippen LogP contribution is 2.48. The number of carbonyl (C=O) groups is 1. The molecule has 1 aliphatic heterocycles. The summed E-state index contributed by atoms with van der Waals surface area (Å²) < 4.78 is 5.72. The Balaban J connectivity index is 1.65. The zero-order valence-corrected chi connectivity index (χ0v) is 11.5. The van der Waals surface area contributed by atoms with Gasteiger partial charge < -0.3 is 14.6 Å². The minimum absolute atomic E-state index is 0.0476. The Morgan fingerprint density at radius 1 is 1.40 bits per heavy atom. The maximum Gasteiger partial charge on any atom is 0.290 e. The van der Waals surface area contributed by atoms with Crippen LogP contribution in [0.1, 0.15) is 23.4 Å². The molecule has 2 fully saturated rings. The second-order valence-electron chi connectivity index (χ2n) is 5.87. The predicted octanol–water partition coefficient (Wildman–Crippen LogP) is 2.26. The van der Waals surface area contributed by atoms with Crippen LogP contribution in [0.3, 0.4) is 0 Å². The Morgan fingerprint density at radius 3 is 3.05 bits per heavy atom. The lowest BCUT2D eigenvalue weighted by atomic mass is 10.1. The van der Waals surface area contributed by atoms with Gasteiger partial charge in [-0.05, 0) is 37.9 Å². The van der Waals surface area contributed by atoms with E-state index in [4.69, 9.17) is 4.42 Å². The molecule has 2 aliphatic rings. The summed E-state index contributed by atoms with van der Waals surface area (Å²) in [6, 6.07) is 10.4. The van der Waals surface area contributed by atoms with E-state index in [9.17, 15) is 4.79 Å². The van der Waals surface area contributed by atoms with Crippen molar-refractivity contribution in [3.05, 3.63) is 36.1 Å². The molecule has 4 heteroatoms. The van der Waals surface area contributed by atoms with Gasteiger partial charge in [0.15, 0.2) is 5.76 Å². The molecule has 4 nitrogen and oxygen atoms in total. The van der Waals surface area contributed by atoms with Crippen molar-refractivity contribution in [1.29, 1.82) is 0 Å². The summed E-state index contributed by atoms with van der Waals surface area (Å²) in [5.41, 5.74) is 0.785. The zero-order valence-electron chi connectivity index (χ0n) is 11.5. The van der Waals surface area contributed by atoms with E-state index in [1.807, 2.05) is 42.3 Å². The number of nitrogens with one attached hydrogen (secondary N) is 1. The Hall–Kier alpha value is -1.81. The second kappa shape index (κ2) is 4.35. The van der Waals surface area contributed by atoms with Crippen LogP contribution in [-0.4, -0.2) is 36.5 Å². The number of benzene rings is 1. The number of amides is 1. The van der Waals surface area contributed by atoms with Crippen molar-refractivity contribution in [3.63, 3.8) is 0 Å². The summed E-state index contributed by atoms with van der Waals surface area (Å²) in [6.45, 7) is 0.860. The first-order valence-corrected chi connectivity index (χ1v) is 7.24. The van der Waals surface area contributed by atoms with E-state index in [1.165, 1.54) is 0 Å². The first-order valence-electron chi connectivity index (χ1n) is 7.24. The average molecular weight is 270 g/mol. The lowest BCUT2D eigenvalue weighted by Crippen LogP contribution is -2.43. The third-order valence-corrected chi connectivity index (χ3v) is 4.52. The van der Waals surface area contributed by atoms with E-state index in [0.29, 0.717) is 23.8 Å². The van der Waals surface area contributed by atoms with Gasteiger partial charge in [0.25, 0.3) is 5.91 Å². The van der Waals surface area contributed by atoms with Crippen LogP contribution in [0.4, 0.5) is 0 Å². The SMILES string of the molecule is CNCC1CC2CC2N1C(=O)c1cc2ccccc2o1. The molecule has 1 saturated heterocycles.